The van der Waals surface area contributed by atoms with E-state index in [1.54, 1.807) is 6.07 Å². The van der Waals surface area contributed by atoms with Crippen molar-refractivity contribution < 1.29 is 23.0 Å². The first-order chi connectivity index (χ1) is 15.4. The number of pyridine rings is 1. The Labute approximate surface area is 194 Å². The number of ether oxygens (including phenoxy) is 2. The monoisotopic (exact) mass is 519 g/mol. The van der Waals surface area contributed by atoms with E-state index in [0.29, 0.717) is 27.6 Å². The van der Waals surface area contributed by atoms with Gasteiger partial charge in [-0.3, -0.25) is 0 Å². The minimum absolute atomic E-state index is 0.0315. The number of thiazole rings is 1. The van der Waals surface area contributed by atoms with Crippen molar-refractivity contribution in [3.8, 4) is 5.19 Å². The van der Waals surface area contributed by atoms with Gasteiger partial charge in [-0.25, -0.2) is 18.6 Å². The second-order valence-electron chi connectivity index (χ2n) is 6.84. The van der Waals surface area contributed by atoms with Gasteiger partial charge in [0.2, 0.25) is 0 Å². The van der Waals surface area contributed by atoms with Crippen LogP contribution in [0.3, 0.4) is 0 Å². The van der Waals surface area contributed by atoms with Crippen LogP contribution >= 0.6 is 27.3 Å². The van der Waals surface area contributed by atoms with Gasteiger partial charge < -0.3 is 15.2 Å². The fourth-order valence-corrected chi connectivity index (χ4v) is 4.64. The number of benzene rings is 2. The molecule has 0 saturated heterocycles. The molecule has 0 bridgehead atoms. The molecule has 2 heterocycles. The van der Waals surface area contributed by atoms with E-state index in [-0.39, 0.29) is 12.0 Å². The van der Waals surface area contributed by atoms with Crippen LogP contribution in [0.1, 0.15) is 22.9 Å². The van der Waals surface area contributed by atoms with Gasteiger partial charge in [0.1, 0.15) is 18.2 Å². The summed E-state index contributed by atoms with van der Waals surface area (Å²) in [5.41, 5.74) is 7.21. The number of carbonyl (C=O) groups excluding carboxylic acids is 1. The van der Waals surface area contributed by atoms with Crippen molar-refractivity contribution in [1.82, 2.24) is 9.97 Å². The number of nitrogens with two attached hydrogens (primary N) is 1. The van der Waals surface area contributed by atoms with Crippen LogP contribution in [0, 0.1) is 11.6 Å². The second kappa shape index (κ2) is 9.58. The SMILES string of the molecule is NC(=O)OC(Cc1cc(F)cc(F)c1)c1nc2nc(OCc3ccccc3)sc2cc1Br. The standard InChI is InChI=1S/C22H16BrF2N3O3S/c23-16-10-18-20(28-22(32-18)30-11-12-4-2-1-3-5-12)27-19(16)17(31-21(26)29)8-13-6-14(24)9-15(25)7-13/h1-7,9-10,17H,8,11H2,(H2,26,29). The molecule has 2 aromatic heterocycles. The number of amides is 1. The highest BCUT2D eigenvalue weighted by molar-refractivity contribution is 9.10. The van der Waals surface area contributed by atoms with Gasteiger partial charge in [0, 0.05) is 17.0 Å². The van der Waals surface area contributed by atoms with Gasteiger partial charge in [0.25, 0.3) is 5.19 Å². The minimum Gasteiger partial charge on any atom is -0.465 e. The average molecular weight is 520 g/mol. The van der Waals surface area contributed by atoms with Crippen LogP contribution in [0.5, 0.6) is 5.19 Å². The van der Waals surface area contributed by atoms with Crippen LogP contribution in [-0.4, -0.2) is 16.1 Å². The number of fused-ring (bicyclic) bond motifs is 1. The molecule has 0 fully saturated rings. The molecule has 2 N–H and O–H groups in total. The number of primary amides is 1. The highest BCUT2D eigenvalue weighted by atomic mass is 79.9. The fourth-order valence-electron chi connectivity index (χ4n) is 3.12. The lowest BCUT2D eigenvalue weighted by molar-refractivity contribution is 0.104. The molecule has 10 heteroatoms. The van der Waals surface area contributed by atoms with Gasteiger partial charge in [-0.15, -0.1) is 0 Å². The summed E-state index contributed by atoms with van der Waals surface area (Å²) < 4.78 is 39.5. The number of aromatic nitrogens is 2. The molecule has 1 amide bonds. The molecule has 4 rings (SSSR count). The zero-order valence-corrected chi connectivity index (χ0v) is 18.8. The van der Waals surface area contributed by atoms with Crippen LogP contribution in [0.25, 0.3) is 10.3 Å². The molecule has 164 valence electrons. The zero-order valence-electron chi connectivity index (χ0n) is 16.4. The Morgan fingerprint density at radius 3 is 2.47 bits per heavy atom. The predicted molar refractivity (Wildman–Crippen MR) is 119 cm³/mol. The van der Waals surface area contributed by atoms with Gasteiger partial charge in [-0.1, -0.05) is 41.7 Å². The Morgan fingerprint density at radius 1 is 1.06 bits per heavy atom. The molecule has 1 unspecified atom stereocenters. The largest absolute Gasteiger partial charge is 0.465 e. The van der Waals surface area contributed by atoms with E-state index < -0.39 is 23.8 Å². The van der Waals surface area contributed by atoms with Crippen LogP contribution in [0.2, 0.25) is 0 Å². The minimum atomic E-state index is -1.04. The third-order valence-electron chi connectivity index (χ3n) is 4.46. The third-order valence-corrected chi connectivity index (χ3v) is 5.99. The van der Waals surface area contributed by atoms with Gasteiger partial charge >= 0.3 is 6.09 Å². The maximum absolute atomic E-state index is 13.6. The lowest BCUT2D eigenvalue weighted by Crippen LogP contribution is -2.20. The van der Waals surface area contributed by atoms with E-state index in [2.05, 4.69) is 25.9 Å². The molecular formula is C22H16BrF2N3O3S. The van der Waals surface area contributed by atoms with Crippen LogP contribution in [0.4, 0.5) is 13.6 Å². The molecule has 32 heavy (non-hydrogen) atoms. The second-order valence-corrected chi connectivity index (χ2v) is 8.69. The third kappa shape index (κ3) is 5.38. The summed E-state index contributed by atoms with van der Waals surface area (Å²) in [6.07, 6.45) is -2.05. The van der Waals surface area contributed by atoms with E-state index >= 15 is 0 Å². The number of carbonyl (C=O) groups is 1. The molecule has 0 spiro atoms. The average Bonchev–Trinajstić information content (AvgIpc) is 3.12. The highest BCUT2D eigenvalue weighted by Crippen LogP contribution is 2.34. The van der Waals surface area contributed by atoms with Crippen molar-refractivity contribution >= 4 is 43.7 Å². The predicted octanol–water partition coefficient (Wildman–Crippen LogP) is 5.69. The van der Waals surface area contributed by atoms with Crippen molar-refractivity contribution in [2.24, 2.45) is 5.73 Å². The number of halogens is 3. The van der Waals surface area contributed by atoms with Crippen molar-refractivity contribution in [2.75, 3.05) is 0 Å². The van der Waals surface area contributed by atoms with Crippen molar-refractivity contribution in [2.45, 2.75) is 19.1 Å². The zero-order chi connectivity index (χ0) is 22.7. The molecule has 0 aliphatic heterocycles. The van der Waals surface area contributed by atoms with Gasteiger partial charge in [-0.05, 0) is 45.3 Å². The van der Waals surface area contributed by atoms with E-state index in [1.165, 1.54) is 11.3 Å². The molecule has 0 radical (unpaired) electrons. The topological polar surface area (TPSA) is 87.3 Å². The Bertz CT molecular complexity index is 1250. The number of hydrogen-bond acceptors (Lipinski definition) is 6. The summed E-state index contributed by atoms with van der Waals surface area (Å²) in [6.45, 7) is 0.354. The van der Waals surface area contributed by atoms with E-state index in [1.807, 2.05) is 30.3 Å². The Morgan fingerprint density at radius 2 is 1.78 bits per heavy atom. The smallest absolute Gasteiger partial charge is 0.405 e. The van der Waals surface area contributed by atoms with Crippen LogP contribution in [0.15, 0.2) is 59.1 Å². The van der Waals surface area contributed by atoms with E-state index in [4.69, 9.17) is 15.2 Å². The lowest BCUT2D eigenvalue weighted by Gasteiger charge is -2.17. The number of rotatable bonds is 7. The van der Waals surface area contributed by atoms with Crippen LogP contribution in [-0.2, 0) is 17.8 Å². The van der Waals surface area contributed by atoms with Crippen molar-refractivity contribution in [3.63, 3.8) is 0 Å². The van der Waals surface area contributed by atoms with Gasteiger partial charge in [-0.2, -0.15) is 4.98 Å². The first-order valence-corrected chi connectivity index (χ1v) is 11.0. The number of hydrogen-bond donors (Lipinski definition) is 1. The fraction of sp³-hybridized carbons (Fsp3) is 0.136. The molecule has 2 aromatic carbocycles. The van der Waals surface area contributed by atoms with Gasteiger partial charge in [0.15, 0.2) is 11.8 Å². The lowest BCUT2D eigenvalue weighted by atomic mass is 10.0. The summed E-state index contributed by atoms with van der Waals surface area (Å²) in [7, 11) is 0. The van der Waals surface area contributed by atoms with Crippen molar-refractivity contribution in [1.29, 1.82) is 0 Å². The summed E-state index contributed by atoms with van der Waals surface area (Å²) in [6, 6.07) is 14.5. The van der Waals surface area contributed by atoms with E-state index in [9.17, 15) is 13.6 Å². The molecule has 4 aromatic rings. The molecular weight excluding hydrogens is 504 g/mol. The maximum atomic E-state index is 13.6. The van der Waals surface area contributed by atoms with E-state index in [0.717, 1.165) is 28.5 Å². The van der Waals surface area contributed by atoms with Crippen LogP contribution < -0.4 is 10.5 Å². The first-order valence-electron chi connectivity index (χ1n) is 9.42. The molecule has 0 aliphatic rings. The number of nitrogens with zero attached hydrogens (tertiary/aromatic N) is 2. The van der Waals surface area contributed by atoms with Gasteiger partial charge in [0.05, 0.1) is 10.4 Å². The normalized spacial score (nSPS) is 12.0. The summed E-state index contributed by atoms with van der Waals surface area (Å²) >= 11 is 4.75. The summed E-state index contributed by atoms with van der Waals surface area (Å²) in [5.74, 6) is -1.47. The summed E-state index contributed by atoms with van der Waals surface area (Å²) in [5, 5.41) is 0.431. The Hall–Kier alpha value is -3.11. The quantitative estimate of drug-likeness (QED) is 0.338. The maximum Gasteiger partial charge on any atom is 0.405 e. The molecule has 6 nitrogen and oxygen atoms in total. The molecule has 1 atom stereocenters. The van der Waals surface area contributed by atoms with Crippen molar-refractivity contribution in [3.05, 3.63) is 87.5 Å². The Balaban J connectivity index is 1.62. The molecule has 0 saturated carbocycles. The summed E-state index contributed by atoms with van der Waals surface area (Å²) in [4.78, 5) is 20.4. The first kappa shape index (κ1) is 22.1. The molecule has 0 aliphatic carbocycles. The highest BCUT2D eigenvalue weighted by Gasteiger charge is 2.23. The Kier molecular flexibility index (Phi) is 6.61.